The van der Waals surface area contributed by atoms with Crippen LogP contribution in [-0.2, 0) is 5.67 Å². The third-order valence-corrected chi connectivity index (χ3v) is 3.67. The van der Waals surface area contributed by atoms with Crippen LogP contribution in [-0.4, -0.2) is 4.98 Å². The number of hydrogen-bond acceptors (Lipinski definition) is 2. The Morgan fingerprint density at radius 1 is 1.43 bits per heavy atom. The highest BCUT2D eigenvalue weighted by Gasteiger charge is 2.23. The topological polar surface area (TPSA) is 12.9 Å². The average Bonchev–Trinajstić information content (AvgIpc) is 2.45. The minimum absolute atomic E-state index is 0.533. The third-order valence-electron chi connectivity index (χ3n) is 1.86. The largest absolute Gasteiger partial charge is 0.238 e. The molecule has 1 heterocycles. The fourth-order valence-corrected chi connectivity index (χ4v) is 2.66. The second kappa shape index (κ2) is 3.28. The standard InChI is InChI=1S/C10H9BrFNS/c1-10(2,12)9-13-7-4-3-6(11)5-8(7)14-9/h3-5H,1-2H3. The summed E-state index contributed by atoms with van der Waals surface area (Å²) >= 11 is 4.78. The quantitative estimate of drug-likeness (QED) is 0.757. The van der Waals surface area contributed by atoms with E-state index in [1.54, 1.807) is 0 Å². The number of aromatic nitrogens is 1. The van der Waals surface area contributed by atoms with Crippen molar-refractivity contribution in [1.82, 2.24) is 4.98 Å². The summed E-state index contributed by atoms with van der Waals surface area (Å²) in [5.41, 5.74) is -0.491. The van der Waals surface area contributed by atoms with Crippen molar-refractivity contribution < 1.29 is 4.39 Å². The van der Waals surface area contributed by atoms with E-state index in [9.17, 15) is 4.39 Å². The predicted octanol–water partition coefficient (Wildman–Crippen LogP) is 4.26. The van der Waals surface area contributed by atoms with Gasteiger partial charge >= 0.3 is 0 Å². The van der Waals surface area contributed by atoms with E-state index >= 15 is 0 Å². The maximum atomic E-state index is 13.6. The van der Waals surface area contributed by atoms with Gasteiger partial charge in [-0.25, -0.2) is 9.37 Å². The SMILES string of the molecule is CC(C)(F)c1nc2ccc(Br)cc2s1. The molecular weight excluding hydrogens is 265 g/mol. The van der Waals surface area contributed by atoms with E-state index in [0.29, 0.717) is 5.01 Å². The highest BCUT2D eigenvalue weighted by atomic mass is 79.9. The summed E-state index contributed by atoms with van der Waals surface area (Å²) in [6, 6.07) is 5.77. The van der Waals surface area contributed by atoms with E-state index < -0.39 is 5.67 Å². The van der Waals surface area contributed by atoms with Gasteiger partial charge in [0.1, 0.15) is 5.01 Å². The molecule has 0 aliphatic rings. The number of thiazole rings is 1. The molecule has 0 bridgehead atoms. The van der Waals surface area contributed by atoms with Crippen LogP contribution in [0, 0.1) is 0 Å². The highest BCUT2D eigenvalue weighted by molar-refractivity contribution is 9.10. The van der Waals surface area contributed by atoms with Crippen molar-refractivity contribution in [3.05, 3.63) is 27.7 Å². The Morgan fingerprint density at radius 2 is 2.14 bits per heavy atom. The van der Waals surface area contributed by atoms with Crippen LogP contribution >= 0.6 is 27.3 Å². The number of halogens is 2. The van der Waals surface area contributed by atoms with Crippen molar-refractivity contribution in [1.29, 1.82) is 0 Å². The molecule has 0 aliphatic heterocycles. The van der Waals surface area contributed by atoms with Crippen LogP contribution in [0.2, 0.25) is 0 Å². The van der Waals surface area contributed by atoms with Gasteiger partial charge in [0, 0.05) is 4.47 Å². The number of fused-ring (bicyclic) bond motifs is 1. The second-order valence-electron chi connectivity index (χ2n) is 3.60. The number of hydrogen-bond donors (Lipinski definition) is 0. The minimum atomic E-state index is -1.35. The maximum Gasteiger partial charge on any atom is 0.156 e. The Balaban J connectivity index is 2.63. The molecule has 2 rings (SSSR count). The molecule has 4 heteroatoms. The lowest BCUT2D eigenvalue weighted by atomic mass is 10.2. The molecule has 1 nitrogen and oxygen atoms in total. The first kappa shape index (κ1) is 10.1. The lowest BCUT2D eigenvalue weighted by molar-refractivity contribution is 0.221. The van der Waals surface area contributed by atoms with Crippen molar-refractivity contribution in [2.45, 2.75) is 19.5 Å². The number of alkyl halides is 1. The van der Waals surface area contributed by atoms with Gasteiger partial charge in [-0.2, -0.15) is 0 Å². The molecule has 0 saturated heterocycles. The Bertz CT molecular complexity index is 472. The fourth-order valence-electron chi connectivity index (χ4n) is 1.15. The monoisotopic (exact) mass is 273 g/mol. The van der Waals surface area contributed by atoms with E-state index in [1.165, 1.54) is 25.2 Å². The van der Waals surface area contributed by atoms with Gasteiger partial charge in [-0.05, 0) is 32.0 Å². The molecule has 0 fully saturated rings. The van der Waals surface area contributed by atoms with Gasteiger partial charge in [-0.3, -0.25) is 0 Å². The summed E-state index contributed by atoms with van der Waals surface area (Å²) < 4.78 is 15.6. The van der Waals surface area contributed by atoms with Gasteiger partial charge in [0.2, 0.25) is 0 Å². The van der Waals surface area contributed by atoms with Crippen molar-refractivity contribution in [3.63, 3.8) is 0 Å². The first-order chi connectivity index (χ1) is 6.47. The van der Waals surface area contributed by atoms with Crippen LogP contribution in [0.4, 0.5) is 4.39 Å². The fraction of sp³-hybridized carbons (Fsp3) is 0.300. The summed E-state index contributed by atoms with van der Waals surface area (Å²) in [6.07, 6.45) is 0. The number of benzene rings is 1. The zero-order chi connectivity index (χ0) is 10.3. The number of rotatable bonds is 1. The lowest BCUT2D eigenvalue weighted by Gasteiger charge is -2.08. The van der Waals surface area contributed by atoms with Crippen LogP contribution in [0.25, 0.3) is 10.2 Å². The molecule has 1 aromatic heterocycles. The van der Waals surface area contributed by atoms with E-state index in [1.807, 2.05) is 18.2 Å². The zero-order valence-corrected chi connectivity index (χ0v) is 10.2. The minimum Gasteiger partial charge on any atom is -0.238 e. The van der Waals surface area contributed by atoms with E-state index in [2.05, 4.69) is 20.9 Å². The molecule has 0 N–H and O–H groups in total. The van der Waals surface area contributed by atoms with Crippen molar-refractivity contribution >= 4 is 37.5 Å². The smallest absolute Gasteiger partial charge is 0.156 e. The Hall–Kier alpha value is -0.480. The summed E-state index contributed by atoms with van der Waals surface area (Å²) in [7, 11) is 0. The highest BCUT2D eigenvalue weighted by Crippen LogP contribution is 2.33. The molecule has 74 valence electrons. The molecule has 0 aliphatic carbocycles. The summed E-state index contributed by atoms with van der Waals surface area (Å²) in [5.74, 6) is 0. The van der Waals surface area contributed by atoms with Gasteiger partial charge in [0.15, 0.2) is 5.67 Å². The lowest BCUT2D eigenvalue weighted by Crippen LogP contribution is -2.07. The second-order valence-corrected chi connectivity index (χ2v) is 5.55. The molecule has 0 unspecified atom stereocenters. The normalized spacial score (nSPS) is 12.3. The average molecular weight is 274 g/mol. The molecular formula is C10H9BrFNS. The maximum absolute atomic E-state index is 13.6. The van der Waals surface area contributed by atoms with Gasteiger partial charge in [0.25, 0.3) is 0 Å². The first-order valence-corrected chi connectivity index (χ1v) is 5.83. The molecule has 2 aromatic rings. The molecule has 0 saturated carbocycles. The molecule has 0 radical (unpaired) electrons. The van der Waals surface area contributed by atoms with Gasteiger partial charge < -0.3 is 0 Å². The van der Waals surface area contributed by atoms with Crippen LogP contribution in [0.5, 0.6) is 0 Å². The van der Waals surface area contributed by atoms with Crippen molar-refractivity contribution in [3.8, 4) is 0 Å². The van der Waals surface area contributed by atoms with Crippen molar-refractivity contribution in [2.24, 2.45) is 0 Å². The van der Waals surface area contributed by atoms with Crippen LogP contribution < -0.4 is 0 Å². The predicted molar refractivity (Wildman–Crippen MR) is 61.5 cm³/mol. The Labute approximate surface area is 94.1 Å². The van der Waals surface area contributed by atoms with E-state index in [4.69, 9.17) is 0 Å². The molecule has 1 aromatic carbocycles. The Morgan fingerprint density at radius 3 is 2.79 bits per heavy atom. The van der Waals surface area contributed by atoms with Crippen molar-refractivity contribution in [2.75, 3.05) is 0 Å². The Kier molecular flexibility index (Phi) is 2.35. The first-order valence-electron chi connectivity index (χ1n) is 4.22. The summed E-state index contributed by atoms with van der Waals surface area (Å²) in [5, 5.41) is 0.533. The van der Waals surface area contributed by atoms with E-state index in [0.717, 1.165) is 14.7 Å². The van der Waals surface area contributed by atoms with Crippen LogP contribution in [0.3, 0.4) is 0 Å². The molecule has 0 atom stereocenters. The third kappa shape index (κ3) is 1.81. The van der Waals surface area contributed by atoms with E-state index in [-0.39, 0.29) is 0 Å². The molecule has 0 amide bonds. The summed E-state index contributed by atoms with van der Waals surface area (Å²) in [6.45, 7) is 3.06. The van der Waals surface area contributed by atoms with Crippen LogP contribution in [0.1, 0.15) is 18.9 Å². The van der Waals surface area contributed by atoms with Gasteiger partial charge in [0.05, 0.1) is 10.2 Å². The molecule has 14 heavy (non-hydrogen) atoms. The summed E-state index contributed by atoms with van der Waals surface area (Å²) in [4.78, 5) is 4.25. The number of nitrogens with zero attached hydrogens (tertiary/aromatic N) is 1. The van der Waals surface area contributed by atoms with Gasteiger partial charge in [-0.15, -0.1) is 11.3 Å². The molecule has 0 spiro atoms. The van der Waals surface area contributed by atoms with Crippen LogP contribution in [0.15, 0.2) is 22.7 Å². The zero-order valence-electron chi connectivity index (χ0n) is 7.84. The van der Waals surface area contributed by atoms with Gasteiger partial charge in [-0.1, -0.05) is 15.9 Å².